The summed E-state index contributed by atoms with van der Waals surface area (Å²) in [7, 11) is 1.54. The lowest BCUT2D eigenvalue weighted by atomic mass is 10.1. The number of methoxy groups -OCH3 is 1. The Balaban J connectivity index is 2.70. The van der Waals surface area contributed by atoms with Gasteiger partial charge in [0.15, 0.2) is 0 Å². The van der Waals surface area contributed by atoms with E-state index in [-0.39, 0.29) is 6.10 Å². The van der Waals surface area contributed by atoms with Gasteiger partial charge in [0.2, 0.25) is 0 Å². The summed E-state index contributed by atoms with van der Waals surface area (Å²) < 4.78 is 9.96. The zero-order valence-corrected chi connectivity index (χ0v) is 9.27. The van der Waals surface area contributed by atoms with Crippen molar-refractivity contribution < 1.29 is 14.3 Å². The lowest BCUT2D eigenvalue weighted by Gasteiger charge is -2.11. The van der Waals surface area contributed by atoms with Gasteiger partial charge < -0.3 is 9.47 Å². The molecule has 0 N–H and O–H groups in total. The van der Waals surface area contributed by atoms with Crippen molar-refractivity contribution in [1.29, 1.82) is 5.26 Å². The van der Waals surface area contributed by atoms with Gasteiger partial charge in [-0.25, -0.2) is 4.79 Å². The minimum absolute atomic E-state index is 0.303. The number of nitriles is 1. The van der Waals surface area contributed by atoms with Gasteiger partial charge in [0.05, 0.1) is 23.8 Å². The van der Waals surface area contributed by atoms with Crippen molar-refractivity contribution in [3.8, 4) is 6.07 Å². The Bertz CT molecular complexity index is 409. The number of ether oxygens (including phenoxy) is 2. The maximum Gasteiger partial charge on any atom is 0.338 e. The Morgan fingerprint density at radius 3 is 2.94 bits per heavy atom. The lowest BCUT2D eigenvalue weighted by Crippen LogP contribution is -2.19. The summed E-state index contributed by atoms with van der Waals surface area (Å²) in [5.74, 6) is -0.443. The minimum Gasteiger partial charge on any atom is -0.457 e. The van der Waals surface area contributed by atoms with E-state index in [0.717, 1.165) is 0 Å². The van der Waals surface area contributed by atoms with Crippen molar-refractivity contribution in [2.24, 2.45) is 0 Å². The Morgan fingerprint density at radius 1 is 1.56 bits per heavy atom. The van der Waals surface area contributed by atoms with Crippen LogP contribution < -0.4 is 0 Å². The van der Waals surface area contributed by atoms with E-state index in [1.54, 1.807) is 32.2 Å². The molecule has 1 aromatic rings. The first-order chi connectivity index (χ1) is 7.67. The first kappa shape index (κ1) is 12.2. The quantitative estimate of drug-likeness (QED) is 0.724. The van der Waals surface area contributed by atoms with Crippen LogP contribution in [0.5, 0.6) is 0 Å². The molecule has 4 nitrogen and oxygen atoms in total. The molecule has 0 radical (unpaired) electrons. The molecule has 0 bridgehead atoms. The normalized spacial score (nSPS) is 11.6. The average molecular weight is 219 g/mol. The third kappa shape index (κ3) is 3.37. The minimum atomic E-state index is -0.443. The first-order valence-electron chi connectivity index (χ1n) is 4.87. The molecule has 1 aromatic carbocycles. The fourth-order valence-electron chi connectivity index (χ4n) is 1.24. The van der Waals surface area contributed by atoms with Crippen molar-refractivity contribution in [2.45, 2.75) is 13.0 Å². The van der Waals surface area contributed by atoms with Gasteiger partial charge in [0.1, 0.15) is 6.10 Å². The molecule has 1 unspecified atom stereocenters. The maximum atomic E-state index is 11.6. The monoisotopic (exact) mass is 219 g/mol. The average Bonchev–Trinajstić information content (AvgIpc) is 2.29. The fourth-order valence-corrected chi connectivity index (χ4v) is 1.24. The molecule has 0 saturated heterocycles. The highest BCUT2D eigenvalue weighted by Crippen LogP contribution is 2.07. The van der Waals surface area contributed by atoms with Gasteiger partial charge >= 0.3 is 5.97 Å². The van der Waals surface area contributed by atoms with Crippen LogP contribution in [-0.4, -0.2) is 25.8 Å². The van der Waals surface area contributed by atoms with E-state index >= 15 is 0 Å². The van der Waals surface area contributed by atoms with Crippen LogP contribution >= 0.6 is 0 Å². The smallest absolute Gasteiger partial charge is 0.338 e. The van der Waals surface area contributed by atoms with Crippen LogP contribution in [0.4, 0.5) is 0 Å². The van der Waals surface area contributed by atoms with Gasteiger partial charge in [-0.15, -0.1) is 0 Å². The van der Waals surface area contributed by atoms with Crippen LogP contribution in [0, 0.1) is 11.3 Å². The van der Waals surface area contributed by atoms with Crippen LogP contribution in [0.3, 0.4) is 0 Å². The number of benzene rings is 1. The Morgan fingerprint density at radius 2 is 2.31 bits per heavy atom. The molecule has 0 heterocycles. The van der Waals surface area contributed by atoms with Crippen LogP contribution in [0.1, 0.15) is 22.8 Å². The molecular weight excluding hydrogens is 206 g/mol. The van der Waals surface area contributed by atoms with Crippen molar-refractivity contribution >= 4 is 5.97 Å². The molecule has 0 fully saturated rings. The van der Waals surface area contributed by atoms with Crippen LogP contribution in [-0.2, 0) is 9.47 Å². The first-order valence-corrected chi connectivity index (χ1v) is 4.87. The number of nitrogens with zero attached hydrogens (tertiary/aromatic N) is 1. The summed E-state index contributed by atoms with van der Waals surface area (Å²) in [5, 5.41) is 8.69. The largest absolute Gasteiger partial charge is 0.457 e. The number of hydrogen-bond acceptors (Lipinski definition) is 4. The van der Waals surface area contributed by atoms with E-state index in [1.807, 2.05) is 6.07 Å². The highest BCUT2D eigenvalue weighted by atomic mass is 16.6. The number of carbonyl (C=O) groups is 1. The topological polar surface area (TPSA) is 59.3 Å². The van der Waals surface area contributed by atoms with Crippen LogP contribution in [0.2, 0.25) is 0 Å². The highest BCUT2D eigenvalue weighted by molar-refractivity contribution is 5.89. The second-order valence-electron chi connectivity index (χ2n) is 3.36. The van der Waals surface area contributed by atoms with Crippen LogP contribution in [0.25, 0.3) is 0 Å². The standard InChI is InChI=1S/C12H13NO3/c1-9(8-15-2)16-12(14)11-5-3-4-10(6-11)7-13/h3-6,9H,8H2,1-2H3. The maximum absolute atomic E-state index is 11.6. The molecule has 84 valence electrons. The Labute approximate surface area is 94.4 Å². The van der Waals surface area contributed by atoms with Crippen molar-refractivity contribution in [1.82, 2.24) is 0 Å². The molecule has 4 heteroatoms. The molecule has 1 atom stereocenters. The van der Waals surface area contributed by atoms with Gasteiger partial charge in [0.25, 0.3) is 0 Å². The van der Waals surface area contributed by atoms with E-state index in [9.17, 15) is 4.79 Å². The van der Waals surface area contributed by atoms with Gasteiger partial charge in [0, 0.05) is 7.11 Å². The summed E-state index contributed by atoms with van der Waals surface area (Å²) in [4.78, 5) is 11.6. The molecule has 0 aliphatic rings. The van der Waals surface area contributed by atoms with E-state index in [0.29, 0.717) is 17.7 Å². The Hall–Kier alpha value is -1.86. The lowest BCUT2D eigenvalue weighted by molar-refractivity contribution is 0.0120. The van der Waals surface area contributed by atoms with E-state index in [2.05, 4.69) is 0 Å². The Kier molecular flexibility index (Phi) is 4.49. The van der Waals surface area contributed by atoms with E-state index < -0.39 is 5.97 Å². The number of carbonyl (C=O) groups excluding carboxylic acids is 1. The fraction of sp³-hybridized carbons (Fsp3) is 0.333. The summed E-state index contributed by atoms with van der Waals surface area (Å²) in [6.45, 7) is 2.10. The molecule has 1 rings (SSSR count). The van der Waals surface area contributed by atoms with Gasteiger partial charge in [-0.1, -0.05) is 6.07 Å². The molecular formula is C12H13NO3. The number of rotatable bonds is 4. The molecule has 0 aromatic heterocycles. The van der Waals surface area contributed by atoms with E-state index in [1.165, 1.54) is 6.07 Å². The van der Waals surface area contributed by atoms with Gasteiger partial charge in [-0.3, -0.25) is 0 Å². The molecule has 0 amide bonds. The number of hydrogen-bond donors (Lipinski definition) is 0. The second kappa shape index (κ2) is 5.89. The SMILES string of the molecule is COCC(C)OC(=O)c1cccc(C#N)c1. The third-order valence-electron chi connectivity index (χ3n) is 1.94. The summed E-state index contributed by atoms with van der Waals surface area (Å²) in [6.07, 6.45) is -0.303. The highest BCUT2D eigenvalue weighted by Gasteiger charge is 2.11. The van der Waals surface area contributed by atoms with Crippen LogP contribution in [0.15, 0.2) is 24.3 Å². The summed E-state index contributed by atoms with van der Waals surface area (Å²) in [6, 6.07) is 8.37. The molecule has 0 spiro atoms. The van der Waals surface area contributed by atoms with Crippen molar-refractivity contribution in [3.63, 3.8) is 0 Å². The predicted octanol–water partition coefficient (Wildman–Crippen LogP) is 1.75. The molecule has 16 heavy (non-hydrogen) atoms. The second-order valence-corrected chi connectivity index (χ2v) is 3.36. The van der Waals surface area contributed by atoms with Gasteiger partial charge in [-0.05, 0) is 25.1 Å². The molecule has 0 saturated carbocycles. The zero-order valence-electron chi connectivity index (χ0n) is 9.27. The van der Waals surface area contributed by atoms with Crippen molar-refractivity contribution in [2.75, 3.05) is 13.7 Å². The molecule has 0 aliphatic carbocycles. The third-order valence-corrected chi connectivity index (χ3v) is 1.94. The number of esters is 1. The summed E-state index contributed by atoms with van der Waals surface area (Å²) in [5.41, 5.74) is 0.816. The zero-order chi connectivity index (χ0) is 12.0. The van der Waals surface area contributed by atoms with Gasteiger partial charge in [-0.2, -0.15) is 5.26 Å². The summed E-state index contributed by atoms with van der Waals surface area (Å²) >= 11 is 0. The molecule has 0 aliphatic heterocycles. The van der Waals surface area contributed by atoms with E-state index in [4.69, 9.17) is 14.7 Å². The predicted molar refractivity (Wildman–Crippen MR) is 57.9 cm³/mol. The van der Waals surface area contributed by atoms with Crippen molar-refractivity contribution in [3.05, 3.63) is 35.4 Å².